The zero-order valence-electron chi connectivity index (χ0n) is 17.2. The van der Waals surface area contributed by atoms with Crippen LogP contribution in [0.1, 0.15) is 25.8 Å². The van der Waals surface area contributed by atoms with Gasteiger partial charge in [0.25, 0.3) is 0 Å². The van der Waals surface area contributed by atoms with Crippen LogP contribution in [0.25, 0.3) is 11.4 Å². The molecule has 0 saturated carbocycles. The average Bonchev–Trinajstić information content (AvgIpc) is 3.18. The number of hydrogen-bond donors (Lipinski definition) is 2. The highest BCUT2D eigenvalue weighted by Crippen LogP contribution is 2.32. The maximum atomic E-state index is 13.3. The van der Waals surface area contributed by atoms with Gasteiger partial charge in [0, 0.05) is 11.6 Å². The Morgan fingerprint density at radius 2 is 1.80 bits per heavy atom. The number of amides is 1. The van der Waals surface area contributed by atoms with Crippen LogP contribution in [0.5, 0.6) is 0 Å². The largest absolute Gasteiger partial charge is 0.353 e. The fourth-order valence-corrected chi connectivity index (χ4v) is 5.17. The Balaban J connectivity index is 1.97. The first-order valence-electron chi connectivity index (χ1n) is 9.70. The minimum atomic E-state index is -3.82. The van der Waals surface area contributed by atoms with E-state index < -0.39 is 9.84 Å². The minimum Gasteiger partial charge on any atom is -0.353 e. The van der Waals surface area contributed by atoms with Crippen LogP contribution in [-0.2, 0) is 14.6 Å². The molecule has 0 fully saturated rings. The fraction of sp³-hybridized carbons (Fsp3) is 0.273. The van der Waals surface area contributed by atoms with Crippen molar-refractivity contribution in [2.24, 2.45) is 0 Å². The molecule has 1 aromatic heterocycles. The molecule has 2 aromatic carbocycles. The van der Waals surface area contributed by atoms with E-state index in [1.54, 1.807) is 24.3 Å². The van der Waals surface area contributed by atoms with Crippen molar-refractivity contribution in [3.63, 3.8) is 0 Å². The maximum Gasteiger partial charge on any atom is 0.230 e. The Morgan fingerprint density at radius 3 is 2.43 bits per heavy atom. The highest BCUT2D eigenvalue weighted by molar-refractivity contribution is 8.00. The third-order valence-electron chi connectivity index (χ3n) is 4.65. The number of carbonyl (C=O) groups excluding carboxylic acids is 1. The van der Waals surface area contributed by atoms with E-state index in [2.05, 4.69) is 15.3 Å². The highest BCUT2D eigenvalue weighted by atomic mass is 32.2. The van der Waals surface area contributed by atoms with Gasteiger partial charge < -0.3 is 10.3 Å². The van der Waals surface area contributed by atoms with Gasteiger partial charge in [0.05, 0.1) is 10.6 Å². The fourth-order valence-electron chi connectivity index (χ4n) is 2.74. The number of carbonyl (C=O) groups is 1. The second-order valence-electron chi connectivity index (χ2n) is 7.07. The summed E-state index contributed by atoms with van der Waals surface area (Å²) in [5.41, 5.74) is 1.74. The van der Waals surface area contributed by atoms with Crippen LogP contribution in [0.15, 0.2) is 69.5 Å². The van der Waals surface area contributed by atoms with Gasteiger partial charge in [-0.25, -0.2) is 13.4 Å². The molecular weight excluding hydrogens is 418 g/mol. The normalized spacial score (nSPS) is 12.5. The van der Waals surface area contributed by atoms with Crippen LogP contribution in [0.3, 0.4) is 0 Å². The lowest BCUT2D eigenvalue weighted by molar-refractivity contribution is -0.119. The predicted molar refractivity (Wildman–Crippen MR) is 119 cm³/mol. The molecule has 6 nitrogen and oxygen atoms in total. The molecule has 1 heterocycles. The molecule has 1 atom stereocenters. The summed E-state index contributed by atoms with van der Waals surface area (Å²) in [6.45, 7) is 5.82. The van der Waals surface area contributed by atoms with Crippen molar-refractivity contribution >= 4 is 27.5 Å². The monoisotopic (exact) mass is 443 g/mol. The molecule has 0 spiro atoms. The van der Waals surface area contributed by atoms with Gasteiger partial charge in [0.2, 0.25) is 15.7 Å². The van der Waals surface area contributed by atoms with E-state index in [0.717, 1.165) is 29.3 Å². The summed E-state index contributed by atoms with van der Waals surface area (Å²) in [6.07, 6.45) is 0.823. The standard InChI is InChI=1S/C22H25N3O3S2/c1-4-16(3)23-19(26)14-29-21-22(25-20(24-21)17-8-6-5-7-9-17)30(27,28)18-12-10-15(2)11-13-18/h5-13,16H,4,14H2,1-3H3,(H,23,26)(H,24,25)/t16-/m1/s1. The van der Waals surface area contributed by atoms with Crippen molar-refractivity contribution in [3.8, 4) is 11.4 Å². The maximum absolute atomic E-state index is 13.3. The van der Waals surface area contributed by atoms with Gasteiger partial charge >= 0.3 is 0 Å². The molecular formula is C22H25N3O3S2. The Morgan fingerprint density at radius 1 is 1.13 bits per heavy atom. The quantitative estimate of drug-likeness (QED) is 0.509. The average molecular weight is 444 g/mol. The van der Waals surface area contributed by atoms with Gasteiger partial charge in [-0.15, -0.1) is 0 Å². The molecule has 0 bridgehead atoms. The number of sulfone groups is 1. The molecule has 0 aliphatic heterocycles. The Labute approximate surface area is 181 Å². The van der Waals surface area contributed by atoms with Crippen LogP contribution >= 0.6 is 11.8 Å². The molecule has 3 rings (SSSR count). The van der Waals surface area contributed by atoms with E-state index in [9.17, 15) is 13.2 Å². The number of aryl methyl sites for hydroxylation is 1. The summed E-state index contributed by atoms with van der Waals surface area (Å²) < 4.78 is 26.6. The van der Waals surface area contributed by atoms with E-state index in [4.69, 9.17) is 0 Å². The van der Waals surface area contributed by atoms with Crippen LogP contribution < -0.4 is 5.32 Å². The molecule has 2 N–H and O–H groups in total. The van der Waals surface area contributed by atoms with Gasteiger partial charge in [-0.1, -0.05) is 66.7 Å². The summed E-state index contributed by atoms with van der Waals surface area (Å²) in [5, 5.41) is 3.18. The number of nitrogens with one attached hydrogen (secondary N) is 2. The molecule has 30 heavy (non-hydrogen) atoms. The number of hydrogen-bond acceptors (Lipinski definition) is 5. The number of thioether (sulfide) groups is 1. The number of H-pyrrole nitrogens is 1. The molecule has 0 unspecified atom stereocenters. The first kappa shape index (κ1) is 22.1. The highest BCUT2D eigenvalue weighted by Gasteiger charge is 2.27. The summed E-state index contributed by atoms with van der Waals surface area (Å²) in [6, 6.07) is 16.0. The topological polar surface area (TPSA) is 91.9 Å². The number of aromatic nitrogens is 2. The number of imidazole rings is 1. The summed E-state index contributed by atoms with van der Waals surface area (Å²) in [4.78, 5) is 19.9. The Bertz CT molecular complexity index is 1110. The number of benzene rings is 2. The van der Waals surface area contributed by atoms with Crippen LogP contribution in [0.4, 0.5) is 0 Å². The lowest BCUT2D eigenvalue weighted by atomic mass is 10.2. The van der Waals surface area contributed by atoms with E-state index in [1.807, 2.05) is 51.1 Å². The zero-order valence-corrected chi connectivity index (χ0v) is 18.8. The summed E-state index contributed by atoms with van der Waals surface area (Å²) in [7, 11) is -3.82. The molecule has 0 aliphatic carbocycles. The van der Waals surface area contributed by atoms with Crippen molar-refractivity contribution in [2.45, 2.75) is 48.2 Å². The van der Waals surface area contributed by atoms with Gasteiger partial charge in [0.1, 0.15) is 10.9 Å². The van der Waals surface area contributed by atoms with Crippen molar-refractivity contribution in [1.82, 2.24) is 15.3 Å². The van der Waals surface area contributed by atoms with Gasteiger partial charge in [-0.2, -0.15) is 0 Å². The number of nitrogens with zero attached hydrogens (tertiary/aromatic N) is 1. The van der Waals surface area contributed by atoms with Crippen molar-refractivity contribution in [1.29, 1.82) is 0 Å². The third kappa shape index (κ3) is 5.12. The lowest BCUT2D eigenvalue weighted by Gasteiger charge is -2.10. The molecule has 158 valence electrons. The van der Waals surface area contributed by atoms with Gasteiger partial charge in [-0.3, -0.25) is 4.79 Å². The molecule has 8 heteroatoms. The van der Waals surface area contributed by atoms with E-state index in [0.29, 0.717) is 5.82 Å². The first-order valence-corrected chi connectivity index (χ1v) is 12.2. The lowest BCUT2D eigenvalue weighted by Crippen LogP contribution is -2.33. The summed E-state index contributed by atoms with van der Waals surface area (Å²) in [5.74, 6) is 0.378. The molecule has 0 aliphatic rings. The third-order valence-corrected chi connectivity index (χ3v) is 7.48. The zero-order chi connectivity index (χ0) is 21.7. The van der Waals surface area contributed by atoms with Crippen LogP contribution in [0, 0.1) is 6.92 Å². The van der Waals surface area contributed by atoms with Gasteiger partial charge in [-0.05, 0) is 32.4 Å². The van der Waals surface area contributed by atoms with E-state index >= 15 is 0 Å². The smallest absolute Gasteiger partial charge is 0.230 e. The second-order valence-corrected chi connectivity index (χ2v) is 9.92. The first-order chi connectivity index (χ1) is 14.3. The molecule has 3 aromatic rings. The molecule has 1 amide bonds. The van der Waals surface area contributed by atoms with Crippen molar-refractivity contribution in [2.75, 3.05) is 5.75 Å². The number of aromatic amines is 1. The Kier molecular flexibility index (Phi) is 6.99. The second kappa shape index (κ2) is 9.49. The number of rotatable bonds is 8. The van der Waals surface area contributed by atoms with Crippen molar-refractivity contribution < 1.29 is 13.2 Å². The predicted octanol–water partition coefficient (Wildman–Crippen LogP) is 4.22. The summed E-state index contributed by atoms with van der Waals surface area (Å²) >= 11 is 1.11. The van der Waals surface area contributed by atoms with Crippen molar-refractivity contribution in [3.05, 3.63) is 60.2 Å². The Hall–Kier alpha value is -2.58. The molecule has 0 radical (unpaired) electrons. The van der Waals surface area contributed by atoms with E-state index in [-0.39, 0.29) is 32.6 Å². The van der Waals surface area contributed by atoms with Gasteiger partial charge in [0.15, 0.2) is 5.03 Å². The minimum absolute atomic E-state index is 0.00606. The van der Waals surface area contributed by atoms with Crippen LogP contribution in [-0.4, -0.2) is 36.1 Å². The van der Waals surface area contributed by atoms with Crippen LogP contribution in [0.2, 0.25) is 0 Å². The SMILES string of the molecule is CC[C@@H](C)NC(=O)CSc1nc(-c2ccccc2)[nH]c1S(=O)(=O)c1ccc(C)cc1. The van der Waals surface area contributed by atoms with E-state index in [1.165, 1.54) is 0 Å². The molecule has 0 saturated heterocycles.